The molecule has 0 saturated carbocycles. The molecule has 1 amide bonds. The van der Waals surface area contributed by atoms with Crippen molar-refractivity contribution in [2.75, 3.05) is 18.5 Å². The number of ether oxygens (including phenoxy) is 1. The van der Waals surface area contributed by atoms with Gasteiger partial charge in [0, 0.05) is 30.4 Å². The molecule has 0 radical (unpaired) electrons. The van der Waals surface area contributed by atoms with Gasteiger partial charge in [-0.05, 0) is 91.9 Å². The van der Waals surface area contributed by atoms with Gasteiger partial charge in [-0.15, -0.1) is 0 Å². The Morgan fingerprint density at radius 1 is 1.11 bits per heavy atom. The summed E-state index contributed by atoms with van der Waals surface area (Å²) in [4.78, 5) is 19.2. The molecular weight excluding hydrogens is 503 g/mol. The van der Waals surface area contributed by atoms with Crippen LogP contribution in [0.15, 0.2) is 89.5 Å². The van der Waals surface area contributed by atoms with Crippen molar-refractivity contribution in [2.45, 2.75) is 25.4 Å². The second kappa shape index (κ2) is 11.4. The van der Waals surface area contributed by atoms with E-state index in [1.54, 1.807) is 6.20 Å². The molecule has 3 heterocycles. The van der Waals surface area contributed by atoms with Crippen LogP contribution in [0.25, 0.3) is 11.3 Å². The monoisotopic (exact) mass is 530 g/mol. The number of thiocarbonyl (C=S) groups is 1. The van der Waals surface area contributed by atoms with E-state index in [9.17, 15) is 9.18 Å². The third-order valence-electron chi connectivity index (χ3n) is 6.27. The highest BCUT2D eigenvalue weighted by Gasteiger charge is 2.41. The fourth-order valence-electron chi connectivity index (χ4n) is 4.48. The van der Waals surface area contributed by atoms with E-state index in [2.05, 4.69) is 15.6 Å². The molecule has 2 aromatic carbocycles. The Kier molecular flexibility index (Phi) is 7.65. The van der Waals surface area contributed by atoms with Crippen LogP contribution in [-0.2, 0) is 4.79 Å². The van der Waals surface area contributed by atoms with Crippen LogP contribution >= 0.6 is 12.2 Å². The van der Waals surface area contributed by atoms with E-state index >= 15 is 0 Å². The van der Waals surface area contributed by atoms with Crippen LogP contribution in [0.3, 0.4) is 0 Å². The molecule has 2 N–H and O–H groups in total. The molecule has 38 heavy (non-hydrogen) atoms. The molecule has 9 heteroatoms. The summed E-state index contributed by atoms with van der Waals surface area (Å²) in [5.74, 6) is 1.66. The van der Waals surface area contributed by atoms with Crippen LogP contribution in [0.5, 0.6) is 5.75 Å². The van der Waals surface area contributed by atoms with Crippen LogP contribution < -0.4 is 15.4 Å². The molecule has 1 fully saturated rings. The number of hydrogen-bond acceptors (Lipinski definition) is 5. The van der Waals surface area contributed by atoms with Crippen molar-refractivity contribution in [2.24, 2.45) is 0 Å². The molecular formula is C29H27FN4O3S. The first kappa shape index (κ1) is 25.4. The predicted octanol–water partition coefficient (Wildman–Crippen LogP) is 5.88. The zero-order valence-corrected chi connectivity index (χ0v) is 21.6. The molecule has 1 aliphatic heterocycles. The molecule has 194 valence electrons. The predicted molar refractivity (Wildman–Crippen MR) is 147 cm³/mol. The smallest absolute Gasteiger partial charge is 0.226 e. The molecule has 4 aromatic rings. The van der Waals surface area contributed by atoms with E-state index in [4.69, 9.17) is 21.4 Å². The zero-order valence-electron chi connectivity index (χ0n) is 20.8. The van der Waals surface area contributed by atoms with Crippen LogP contribution in [0, 0.1) is 5.82 Å². The third-order valence-corrected chi connectivity index (χ3v) is 6.63. The Hall–Kier alpha value is -4.24. The lowest BCUT2D eigenvalue weighted by Crippen LogP contribution is -2.32. The second-order valence-electron chi connectivity index (χ2n) is 8.78. The molecule has 0 unspecified atom stereocenters. The van der Waals surface area contributed by atoms with Crippen LogP contribution in [-0.4, -0.2) is 34.1 Å². The van der Waals surface area contributed by atoms with Crippen molar-refractivity contribution in [1.29, 1.82) is 0 Å². The highest BCUT2D eigenvalue weighted by Crippen LogP contribution is 2.40. The summed E-state index contributed by atoms with van der Waals surface area (Å²) < 4.78 is 25.1. The SMILES string of the molecule is CCOc1ccc(-c2ccc([C@H]3[C@H](c4ccccn4)NC(=S)N3CCC(=O)Nc3ccc(F)cc3)o2)cc1. The first-order valence-corrected chi connectivity index (χ1v) is 12.8. The summed E-state index contributed by atoms with van der Waals surface area (Å²) >= 11 is 5.69. The average molecular weight is 531 g/mol. The van der Waals surface area contributed by atoms with E-state index in [0.717, 1.165) is 22.8 Å². The number of hydrogen-bond donors (Lipinski definition) is 2. The number of amides is 1. The number of halogens is 1. The fraction of sp³-hybridized carbons (Fsp3) is 0.207. The quantitative estimate of drug-likeness (QED) is 0.262. The number of pyridine rings is 1. The standard InChI is InChI=1S/C29H27FN4O3S/c1-2-36-22-12-6-19(7-13-22)24-14-15-25(37-24)28-27(23-5-3-4-17-31-23)33-29(38)34(28)18-16-26(35)32-21-10-8-20(30)9-11-21/h3-15,17,27-28H,2,16,18H2,1H3,(H,32,35)(H,33,38)/t27-,28-/m0/s1. The van der Waals surface area contributed by atoms with E-state index in [1.165, 1.54) is 24.3 Å². The first-order chi connectivity index (χ1) is 18.5. The highest BCUT2D eigenvalue weighted by molar-refractivity contribution is 7.80. The van der Waals surface area contributed by atoms with Gasteiger partial charge in [0.05, 0.1) is 18.3 Å². The molecule has 5 rings (SSSR count). The van der Waals surface area contributed by atoms with Gasteiger partial charge < -0.3 is 24.7 Å². The number of rotatable bonds is 9. The summed E-state index contributed by atoms with van der Waals surface area (Å²) in [6.45, 7) is 2.90. The van der Waals surface area contributed by atoms with E-state index in [-0.39, 0.29) is 30.2 Å². The van der Waals surface area contributed by atoms with Crippen LogP contribution in [0.2, 0.25) is 0 Å². The van der Waals surface area contributed by atoms with Crippen molar-refractivity contribution in [3.8, 4) is 17.1 Å². The van der Waals surface area contributed by atoms with Crippen molar-refractivity contribution in [3.63, 3.8) is 0 Å². The number of furan rings is 1. The van der Waals surface area contributed by atoms with Gasteiger partial charge in [0.1, 0.15) is 29.1 Å². The number of benzene rings is 2. The fourth-order valence-corrected chi connectivity index (χ4v) is 4.81. The topological polar surface area (TPSA) is 79.6 Å². The Bertz CT molecular complexity index is 1390. The van der Waals surface area contributed by atoms with Gasteiger partial charge in [-0.2, -0.15) is 0 Å². The summed E-state index contributed by atoms with van der Waals surface area (Å²) in [5.41, 5.74) is 2.28. The molecule has 2 atom stereocenters. The minimum absolute atomic E-state index is 0.178. The molecule has 1 aliphatic rings. The third kappa shape index (κ3) is 5.68. The Labute approximate surface area is 225 Å². The summed E-state index contributed by atoms with van der Waals surface area (Å²) in [6, 6.07) is 22.4. The summed E-state index contributed by atoms with van der Waals surface area (Å²) in [7, 11) is 0. The first-order valence-electron chi connectivity index (χ1n) is 12.4. The maximum absolute atomic E-state index is 13.2. The van der Waals surface area contributed by atoms with Gasteiger partial charge in [-0.1, -0.05) is 6.07 Å². The van der Waals surface area contributed by atoms with E-state index in [0.29, 0.717) is 29.7 Å². The van der Waals surface area contributed by atoms with Gasteiger partial charge in [0.2, 0.25) is 5.91 Å². The summed E-state index contributed by atoms with van der Waals surface area (Å²) in [5, 5.41) is 6.68. The Balaban J connectivity index is 1.37. The van der Waals surface area contributed by atoms with Crippen LogP contribution in [0.1, 0.15) is 36.9 Å². The minimum atomic E-state index is -0.358. The number of carbonyl (C=O) groups is 1. The zero-order chi connectivity index (χ0) is 26.5. The maximum atomic E-state index is 13.2. The molecule has 0 aliphatic carbocycles. The minimum Gasteiger partial charge on any atom is -0.494 e. The van der Waals surface area contributed by atoms with E-state index in [1.807, 2.05) is 66.4 Å². The Morgan fingerprint density at radius 2 is 1.89 bits per heavy atom. The molecule has 1 saturated heterocycles. The number of anilines is 1. The van der Waals surface area contributed by atoms with Crippen molar-refractivity contribution in [3.05, 3.63) is 102 Å². The van der Waals surface area contributed by atoms with Gasteiger partial charge in [0.15, 0.2) is 5.11 Å². The second-order valence-corrected chi connectivity index (χ2v) is 9.17. The van der Waals surface area contributed by atoms with Crippen molar-refractivity contribution >= 4 is 28.9 Å². The van der Waals surface area contributed by atoms with Gasteiger partial charge in [-0.3, -0.25) is 9.78 Å². The average Bonchev–Trinajstić information content (AvgIpc) is 3.54. The summed E-state index contributed by atoms with van der Waals surface area (Å²) in [6.07, 6.45) is 1.92. The lowest BCUT2D eigenvalue weighted by atomic mass is 10.0. The number of nitrogens with one attached hydrogen (secondary N) is 2. The molecule has 0 bridgehead atoms. The van der Waals surface area contributed by atoms with Crippen LogP contribution in [0.4, 0.5) is 10.1 Å². The largest absolute Gasteiger partial charge is 0.494 e. The molecule has 0 spiro atoms. The Morgan fingerprint density at radius 3 is 2.61 bits per heavy atom. The molecule has 2 aromatic heterocycles. The maximum Gasteiger partial charge on any atom is 0.226 e. The van der Waals surface area contributed by atoms with Gasteiger partial charge >= 0.3 is 0 Å². The van der Waals surface area contributed by atoms with Crippen molar-refractivity contribution < 1.29 is 18.3 Å². The highest BCUT2D eigenvalue weighted by atomic mass is 32.1. The molecule has 7 nitrogen and oxygen atoms in total. The van der Waals surface area contributed by atoms with Gasteiger partial charge in [-0.25, -0.2) is 4.39 Å². The number of nitrogens with zero attached hydrogens (tertiary/aromatic N) is 2. The van der Waals surface area contributed by atoms with E-state index < -0.39 is 0 Å². The number of aromatic nitrogens is 1. The lowest BCUT2D eigenvalue weighted by molar-refractivity contribution is -0.116. The van der Waals surface area contributed by atoms with Gasteiger partial charge in [0.25, 0.3) is 0 Å². The normalized spacial score (nSPS) is 16.8. The lowest BCUT2D eigenvalue weighted by Gasteiger charge is -2.25. The number of carbonyl (C=O) groups excluding carboxylic acids is 1. The van der Waals surface area contributed by atoms with Crippen molar-refractivity contribution in [1.82, 2.24) is 15.2 Å².